The van der Waals surface area contributed by atoms with Gasteiger partial charge >= 0.3 is 6.09 Å². The van der Waals surface area contributed by atoms with Gasteiger partial charge in [0, 0.05) is 58.8 Å². The van der Waals surface area contributed by atoms with E-state index >= 15 is 0 Å². The van der Waals surface area contributed by atoms with Crippen molar-refractivity contribution in [1.29, 1.82) is 0 Å². The normalized spacial score (nSPS) is 22.1. The van der Waals surface area contributed by atoms with Crippen molar-refractivity contribution in [3.05, 3.63) is 0 Å². The molecule has 0 aromatic carbocycles. The maximum atomic E-state index is 12.6. The first-order valence-corrected chi connectivity index (χ1v) is 10.9. The molecule has 0 aliphatic carbocycles. The van der Waals surface area contributed by atoms with Gasteiger partial charge in [0.15, 0.2) is 0 Å². The molecule has 0 bridgehead atoms. The first-order chi connectivity index (χ1) is 13.3. The Balaban J connectivity index is 1.66. The van der Waals surface area contributed by atoms with Gasteiger partial charge in [-0.2, -0.15) is 0 Å². The molecule has 0 saturated carbocycles. The van der Waals surface area contributed by atoms with Crippen LogP contribution in [-0.2, 0) is 14.3 Å². The quantitative estimate of drug-likeness (QED) is 0.690. The van der Waals surface area contributed by atoms with Crippen LogP contribution in [0.3, 0.4) is 0 Å². The number of carbonyl (C=O) groups is 2. The lowest BCUT2D eigenvalue weighted by molar-refractivity contribution is -0.131. The largest absolute Gasteiger partial charge is 0.444 e. The van der Waals surface area contributed by atoms with Crippen molar-refractivity contribution < 1.29 is 19.1 Å². The zero-order chi connectivity index (χ0) is 20.6. The first-order valence-electron chi connectivity index (χ1n) is 10.9. The van der Waals surface area contributed by atoms with E-state index in [2.05, 4.69) is 11.8 Å². The van der Waals surface area contributed by atoms with Gasteiger partial charge < -0.3 is 19.3 Å². The van der Waals surface area contributed by atoms with Crippen molar-refractivity contribution in [2.45, 2.75) is 71.5 Å². The van der Waals surface area contributed by atoms with E-state index in [1.807, 2.05) is 25.7 Å². The third-order valence-corrected chi connectivity index (χ3v) is 5.25. The summed E-state index contributed by atoms with van der Waals surface area (Å²) in [6.45, 7) is 13.9. The SMILES string of the molecule is CCCO[C@H]1CCCN(C(=O)CCN2CCN(C(=O)OC(C)(C)C)CC2)CC1. The summed E-state index contributed by atoms with van der Waals surface area (Å²) in [6, 6.07) is 0. The second-order valence-electron chi connectivity index (χ2n) is 8.86. The molecule has 2 amide bonds. The molecule has 1 atom stereocenters. The lowest BCUT2D eigenvalue weighted by Gasteiger charge is -2.35. The van der Waals surface area contributed by atoms with Crippen LogP contribution < -0.4 is 0 Å². The fraction of sp³-hybridized carbons (Fsp3) is 0.905. The summed E-state index contributed by atoms with van der Waals surface area (Å²) in [4.78, 5) is 30.8. The molecular weight excluding hydrogens is 358 g/mol. The molecule has 7 nitrogen and oxygen atoms in total. The van der Waals surface area contributed by atoms with Crippen molar-refractivity contribution >= 4 is 12.0 Å². The fourth-order valence-electron chi connectivity index (χ4n) is 3.66. The van der Waals surface area contributed by atoms with Gasteiger partial charge in [-0.3, -0.25) is 9.69 Å². The summed E-state index contributed by atoms with van der Waals surface area (Å²) < 4.78 is 11.3. The predicted octanol–water partition coefficient (Wildman–Crippen LogP) is 2.74. The molecular formula is C21H39N3O4. The molecule has 0 aromatic rings. The van der Waals surface area contributed by atoms with E-state index in [9.17, 15) is 9.59 Å². The summed E-state index contributed by atoms with van der Waals surface area (Å²) >= 11 is 0. The number of amides is 2. The number of carbonyl (C=O) groups excluding carboxylic acids is 2. The van der Waals surface area contributed by atoms with E-state index in [1.165, 1.54) is 0 Å². The fourth-order valence-corrected chi connectivity index (χ4v) is 3.66. The summed E-state index contributed by atoms with van der Waals surface area (Å²) in [7, 11) is 0. The van der Waals surface area contributed by atoms with Gasteiger partial charge in [0.05, 0.1) is 6.10 Å². The van der Waals surface area contributed by atoms with Crippen LogP contribution in [0.5, 0.6) is 0 Å². The van der Waals surface area contributed by atoms with Crippen LogP contribution in [0.4, 0.5) is 4.79 Å². The molecule has 2 aliphatic heterocycles. The Bertz CT molecular complexity index is 498. The Morgan fingerprint density at radius 2 is 1.68 bits per heavy atom. The minimum atomic E-state index is -0.464. The van der Waals surface area contributed by atoms with E-state index in [1.54, 1.807) is 4.90 Å². The number of nitrogens with zero attached hydrogens (tertiary/aromatic N) is 3. The van der Waals surface area contributed by atoms with Gasteiger partial charge in [-0.15, -0.1) is 0 Å². The van der Waals surface area contributed by atoms with Crippen molar-refractivity contribution in [2.75, 3.05) is 52.4 Å². The minimum absolute atomic E-state index is 0.241. The number of piperazine rings is 1. The van der Waals surface area contributed by atoms with Gasteiger partial charge in [-0.25, -0.2) is 4.79 Å². The van der Waals surface area contributed by atoms with Crippen LogP contribution in [-0.4, -0.2) is 90.8 Å². The summed E-state index contributed by atoms with van der Waals surface area (Å²) in [5, 5.41) is 0. The maximum Gasteiger partial charge on any atom is 0.410 e. The molecule has 28 heavy (non-hydrogen) atoms. The highest BCUT2D eigenvalue weighted by atomic mass is 16.6. The molecule has 2 aliphatic rings. The average molecular weight is 398 g/mol. The second-order valence-corrected chi connectivity index (χ2v) is 8.86. The monoisotopic (exact) mass is 397 g/mol. The first kappa shape index (κ1) is 22.9. The van der Waals surface area contributed by atoms with E-state index in [0.29, 0.717) is 25.6 Å². The van der Waals surface area contributed by atoms with Crippen molar-refractivity contribution in [3.63, 3.8) is 0 Å². The molecule has 7 heteroatoms. The molecule has 0 radical (unpaired) electrons. The molecule has 0 N–H and O–H groups in total. The number of rotatable bonds is 6. The number of hydrogen-bond acceptors (Lipinski definition) is 5. The van der Waals surface area contributed by atoms with Gasteiger partial charge in [-0.1, -0.05) is 6.92 Å². The third kappa shape index (κ3) is 7.95. The second kappa shape index (κ2) is 11.0. The molecule has 0 unspecified atom stereocenters. The number of likely N-dealkylation sites (tertiary alicyclic amines) is 1. The molecule has 2 saturated heterocycles. The van der Waals surface area contributed by atoms with Crippen LogP contribution in [0.2, 0.25) is 0 Å². The van der Waals surface area contributed by atoms with Crippen molar-refractivity contribution in [1.82, 2.24) is 14.7 Å². The summed E-state index contributed by atoms with van der Waals surface area (Å²) in [5.41, 5.74) is -0.464. The van der Waals surface area contributed by atoms with Crippen LogP contribution >= 0.6 is 0 Å². The molecule has 2 fully saturated rings. The zero-order valence-corrected chi connectivity index (χ0v) is 18.2. The highest BCUT2D eigenvalue weighted by Crippen LogP contribution is 2.16. The topological polar surface area (TPSA) is 62.3 Å². The van der Waals surface area contributed by atoms with Crippen LogP contribution in [0.1, 0.15) is 59.8 Å². The maximum absolute atomic E-state index is 12.6. The van der Waals surface area contributed by atoms with Crippen LogP contribution in [0, 0.1) is 0 Å². The highest BCUT2D eigenvalue weighted by molar-refractivity contribution is 5.76. The van der Waals surface area contributed by atoms with E-state index in [4.69, 9.17) is 9.47 Å². The zero-order valence-electron chi connectivity index (χ0n) is 18.2. The van der Waals surface area contributed by atoms with Crippen LogP contribution in [0.25, 0.3) is 0 Å². The van der Waals surface area contributed by atoms with Crippen molar-refractivity contribution in [2.24, 2.45) is 0 Å². The number of hydrogen-bond donors (Lipinski definition) is 0. The molecule has 2 heterocycles. The lowest BCUT2D eigenvalue weighted by Crippen LogP contribution is -2.50. The van der Waals surface area contributed by atoms with Crippen molar-refractivity contribution in [3.8, 4) is 0 Å². The van der Waals surface area contributed by atoms with Gasteiger partial charge in [0.1, 0.15) is 5.60 Å². The molecule has 0 aromatic heterocycles. The standard InChI is InChI=1S/C21H39N3O4/c1-5-17-27-18-7-6-10-23(12-8-18)19(25)9-11-22-13-15-24(16-14-22)20(26)28-21(2,3)4/h18H,5-17H2,1-4H3/t18-/m0/s1. The number of ether oxygens (including phenoxy) is 2. The van der Waals surface area contributed by atoms with Gasteiger partial charge in [0.25, 0.3) is 0 Å². The Hall–Kier alpha value is -1.34. The highest BCUT2D eigenvalue weighted by Gasteiger charge is 2.26. The molecule has 2 rings (SSSR count). The summed E-state index contributed by atoms with van der Waals surface area (Å²) in [5.74, 6) is 0.241. The minimum Gasteiger partial charge on any atom is -0.444 e. The van der Waals surface area contributed by atoms with E-state index < -0.39 is 5.60 Å². The lowest BCUT2D eigenvalue weighted by atomic mass is 10.2. The third-order valence-electron chi connectivity index (χ3n) is 5.25. The van der Waals surface area contributed by atoms with Gasteiger partial charge in [-0.05, 0) is 46.5 Å². The molecule has 0 spiro atoms. The Morgan fingerprint density at radius 1 is 0.964 bits per heavy atom. The molecule has 162 valence electrons. The average Bonchev–Trinajstić information content (AvgIpc) is 2.89. The Morgan fingerprint density at radius 3 is 2.32 bits per heavy atom. The van der Waals surface area contributed by atoms with E-state index in [0.717, 1.165) is 65.0 Å². The Kier molecular flexibility index (Phi) is 9.02. The Labute approximate surface area is 170 Å². The predicted molar refractivity (Wildman–Crippen MR) is 109 cm³/mol. The van der Waals surface area contributed by atoms with Gasteiger partial charge in [0.2, 0.25) is 5.91 Å². The van der Waals surface area contributed by atoms with Crippen LogP contribution in [0.15, 0.2) is 0 Å². The van der Waals surface area contributed by atoms with E-state index in [-0.39, 0.29) is 12.0 Å². The summed E-state index contributed by atoms with van der Waals surface area (Å²) in [6.07, 6.45) is 4.67. The smallest absolute Gasteiger partial charge is 0.410 e.